The maximum atomic E-state index is 12.1. The van der Waals surface area contributed by atoms with E-state index in [1.54, 1.807) is 13.8 Å². The highest BCUT2D eigenvalue weighted by Gasteiger charge is 2.33. The molecule has 1 fully saturated rings. The summed E-state index contributed by atoms with van der Waals surface area (Å²) in [7, 11) is 0. The van der Waals surface area contributed by atoms with Gasteiger partial charge in [-0.1, -0.05) is 13.8 Å². The van der Waals surface area contributed by atoms with Crippen LogP contribution < -0.4 is 5.73 Å². The Balaban J connectivity index is 2.60. The fraction of sp³-hybridized carbons (Fsp3) is 0.818. The summed E-state index contributed by atoms with van der Waals surface area (Å²) in [5.74, 6) is -0.355. The number of hydrogen-bond donors (Lipinski definition) is 1. The van der Waals surface area contributed by atoms with E-state index in [0.29, 0.717) is 0 Å². The summed E-state index contributed by atoms with van der Waals surface area (Å²) in [5.41, 5.74) is 4.49. The van der Waals surface area contributed by atoms with Crippen molar-refractivity contribution in [2.24, 2.45) is 11.1 Å². The lowest BCUT2D eigenvalue weighted by Gasteiger charge is -2.33. The van der Waals surface area contributed by atoms with Crippen molar-refractivity contribution in [2.75, 3.05) is 13.1 Å². The van der Waals surface area contributed by atoms with Gasteiger partial charge in [-0.2, -0.15) is 0 Å². The number of nitrogens with zero attached hydrogens (tertiary/aromatic N) is 1. The average Bonchev–Trinajstić information content (AvgIpc) is 2.16. The van der Waals surface area contributed by atoms with Gasteiger partial charge in [-0.15, -0.1) is 0 Å². The Morgan fingerprint density at radius 1 is 1.20 bits per heavy atom. The Bertz CT molecular complexity index is 255. The van der Waals surface area contributed by atoms with Gasteiger partial charge >= 0.3 is 0 Å². The molecule has 0 unspecified atom stereocenters. The van der Waals surface area contributed by atoms with Gasteiger partial charge in [0.2, 0.25) is 11.8 Å². The highest BCUT2D eigenvalue weighted by molar-refractivity contribution is 5.87. The summed E-state index contributed by atoms with van der Waals surface area (Å²) in [6.45, 7) is 5.21. The molecule has 0 radical (unpaired) electrons. The molecule has 0 saturated carbocycles. The molecular formula is C11H20N2O2. The van der Waals surface area contributed by atoms with Gasteiger partial charge in [0.15, 0.2) is 0 Å². The Morgan fingerprint density at radius 2 is 1.73 bits per heavy atom. The normalized spacial score (nSPS) is 17.6. The summed E-state index contributed by atoms with van der Waals surface area (Å²) in [5, 5.41) is 0. The van der Waals surface area contributed by atoms with Gasteiger partial charge in [0.1, 0.15) is 0 Å². The number of piperidine rings is 1. The number of amides is 2. The molecule has 1 heterocycles. The average molecular weight is 212 g/mol. The fourth-order valence-electron chi connectivity index (χ4n) is 2.04. The van der Waals surface area contributed by atoms with E-state index in [1.807, 2.05) is 4.90 Å². The first-order chi connectivity index (χ1) is 6.93. The van der Waals surface area contributed by atoms with E-state index in [2.05, 4.69) is 0 Å². The molecule has 0 spiro atoms. The lowest BCUT2D eigenvalue weighted by atomic mass is 9.86. The molecule has 4 nitrogen and oxygen atoms in total. The van der Waals surface area contributed by atoms with E-state index in [4.69, 9.17) is 5.73 Å². The SMILES string of the molecule is CC(C)(CC(N)=O)C(=O)N1CCCCC1. The molecule has 2 amide bonds. The third kappa shape index (κ3) is 3.22. The van der Waals surface area contributed by atoms with Crippen molar-refractivity contribution in [3.8, 4) is 0 Å². The van der Waals surface area contributed by atoms with Crippen molar-refractivity contribution in [1.29, 1.82) is 0 Å². The zero-order chi connectivity index (χ0) is 11.5. The van der Waals surface area contributed by atoms with Crippen molar-refractivity contribution in [1.82, 2.24) is 4.90 Å². The zero-order valence-corrected chi connectivity index (χ0v) is 9.58. The van der Waals surface area contributed by atoms with Crippen LogP contribution in [0.15, 0.2) is 0 Å². The topological polar surface area (TPSA) is 63.4 Å². The number of primary amides is 1. The minimum atomic E-state index is -0.650. The van der Waals surface area contributed by atoms with Gasteiger partial charge in [0.05, 0.1) is 5.41 Å². The highest BCUT2D eigenvalue weighted by atomic mass is 16.2. The summed E-state index contributed by atoms with van der Waals surface area (Å²) < 4.78 is 0. The summed E-state index contributed by atoms with van der Waals surface area (Å²) in [6.07, 6.45) is 3.46. The predicted octanol–water partition coefficient (Wildman–Crippen LogP) is 0.900. The van der Waals surface area contributed by atoms with Crippen molar-refractivity contribution in [2.45, 2.75) is 39.5 Å². The van der Waals surface area contributed by atoms with Crippen LogP contribution in [0.2, 0.25) is 0 Å². The van der Waals surface area contributed by atoms with Crippen molar-refractivity contribution >= 4 is 11.8 Å². The van der Waals surface area contributed by atoms with E-state index >= 15 is 0 Å². The lowest BCUT2D eigenvalue weighted by molar-refractivity contribution is -0.144. The molecule has 0 aliphatic carbocycles. The van der Waals surface area contributed by atoms with Crippen LogP contribution in [0.3, 0.4) is 0 Å². The quantitative estimate of drug-likeness (QED) is 0.755. The molecule has 0 aromatic carbocycles. The Labute approximate surface area is 90.8 Å². The third-order valence-electron chi connectivity index (χ3n) is 2.84. The minimum Gasteiger partial charge on any atom is -0.370 e. The molecule has 0 aromatic heterocycles. The van der Waals surface area contributed by atoms with Crippen molar-refractivity contribution in [3.05, 3.63) is 0 Å². The molecule has 0 bridgehead atoms. The number of hydrogen-bond acceptors (Lipinski definition) is 2. The first-order valence-electron chi connectivity index (χ1n) is 5.51. The van der Waals surface area contributed by atoms with E-state index in [-0.39, 0.29) is 12.3 Å². The monoisotopic (exact) mass is 212 g/mol. The first-order valence-corrected chi connectivity index (χ1v) is 5.51. The van der Waals surface area contributed by atoms with Crippen molar-refractivity contribution in [3.63, 3.8) is 0 Å². The second kappa shape index (κ2) is 4.64. The molecule has 1 rings (SSSR count). The van der Waals surface area contributed by atoms with Gasteiger partial charge in [-0.25, -0.2) is 0 Å². The summed E-state index contributed by atoms with van der Waals surface area (Å²) in [6, 6.07) is 0. The molecule has 1 aliphatic rings. The van der Waals surface area contributed by atoms with Crippen LogP contribution >= 0.6 is 0 Å². The second-order valence-corrected chi connectivity index (χ2v) is 4.88. The summed E-state index contributed by atoms with van der Waals surface area (Å²) in [4.78, 5) is 24.8. The Kier molecular flexibility index (Phi) is 3.72. The maximum absolute atomic E-state index is 12.1. The van der Waals surface area contributed by atoms with Crippen LogP contribution in [-0.2, 0) is 9.59 Å². The Morgan fingerprint density at radius 3 is 2.20 bits per heavy atom. The van der Waals surface area contributed by atoms with Crippen LogP contribution in [-0.4, -0.2) is 29.8 Å². The van der Waals surface area contributed by atoms with E-state index in [0.717, 1.165) is 25.9 Å². The molecule has 2 N–H and O–H groups in total. The number of rotatable bonds is 3. The molecule has 86 valence electrons. The van der Waals surface area contributed by atoms with Crippen LogP contribution in [0, 0.1) is 5.41 Å². The van der Waals surface area contributed by atoms with E-state index < -0.39 is 11.3 Å². The van der Waals surface area contributed by atoms with Crippen LogP contribution in [0.25, 0.3) is 0 Å². The molecule has 15 heavy (non-hydrogen) atoms. The molecule has 0 aromatic rings. The van der Waals surface area contributed by atoms with Crippen LogP contribution in [0.5, 0.6) is 0 Å². The smallest absolute Gasteiger partial charge is 0.228 e. The van der Waals surface area contributed by atoms with Gasteiger partial charge in [-0.3, -0.25) is 9.59 Å². The van der Waals surface area contributed by atoms with E-state index in [1.165, 1.54) is 6.42 Å². The van der Waals surface area contributed by atoms with Crippen LogP contribution in [0.4, 0.5) is 0 Å². The fourth-order valence-corrected chi connectivity index (χ4v) is 2.04. The Hall–Kier alpha value is -1.06. The summed E-state index contributed by atoms with van der Waals surface area (Å²) >= 11 is 0. The first kappa shape index (κ1) is 12.0. The second-order valence-electron chi connectivity index (χ2n) is 4.88. The lowest BCUT2D eigenvalue weighted by Crippen LogP contribution is -2.45. The standard InChI is InChI=1S/C11H20N2O2/c1-11(2,8-9(12)14)10(15)13-6-4-3-5-7-13/h3-8H2,1-2H3,(H2,12,14). The van der Waals surface area contributed by atoms with Gasteiger partial charge in [0.25, 0.3) is 0 Å². The third-order valence-corrected chi connectivity index (χ3v) is 2.84. The molecule has 4 heteroatoms. The van der Waals surface area contributed by atoms with Gasteiger partial charge in [0, 0.05) is 19.5 Å². The van der Waals surface area contributed by atoms with Crippen LogP contribution in [0.1, 0.15) is 39.5 Å². The molecular weight excluding hydrogens is 192 g/mol. The van der Waals surface area contributed by atoms with Crippen molar-refractivity contribution < 1.29 is 9.59 Å². The molecule has 0 atom stereocenters. The molecule has 1 saturated heterocycles. The zero-order valence-electron chi connectivity index (χ0n) is 9.58. The maximum Gasteiger partial charge on any atom is 0.228 e. The largest absolute Gasteiger partial charge is 0.370 e. The number of carbonyl (C=O) groups excluding carboxylic acids is 2. The van der Waals surface area contributed by atoms with E-state index in [9.17, 15) is 9.59 Å². The van der Waals surface area contributed by atoms with Gasteiger partial charge in [-0.05, 0) is 19.3 Å². The number of nitrogens with two attached hydrogens (primary N) is 1. The predicted molar refractivity (Wildman–Crippen MR) is 58.0 cm³/mol. The molecule has 1 aliphatic heterocycles. The number of likely N-dealkylation sites (tertiary alicyclic amines) is 1. The minimum absolute atomic E-state index is 0.0565. The number of carbonyl (C=O) groups is 2. The highest BCUT2D eigenvalue weighted by Crippen LogP contribution is 2.25. The van der Waals surface area contributed by atoms with Gasteiger partial charge < -0.3 is 10.6 Å².